The largest absolute Gasteiger partial charge is 0.460 e. The van der Waals surface area contributed by atoms with Crippen molar-refractivity contribution >= 4 is 49.2 Å². The van der Waals surface area contributed by atoms with E-state index in [2.05, 4.69) is 31.9 Å². The van der Waals surface area contributed by atoms with Crippen molar-refractivity contribution in [2.75, 3.05) is 0 Å². The number of thioether (sulfide) groups is 1. The van der Waals surface area contributed by atoms with Gasteiger partial charge in [0.1, 0.15) is 11.6 Å². The zero-order chi connectivity index (χ0) is 24.8. The van der Waals surface area contributed by atoms with Crippen molar-refractivity contribution in [1.29, 1.82) is 0 Å². The SMILES string of the molecule is Fc1ccccc1C1=C(Br)CC(Br)(c2ccccc2F)C=C1SC(F)(F)C(F)(F)C(F)(F)F. The van der Waals surface area contributed by atoms with Gasteiger partial charge in [0.2, 0.25) is 0 Å². The Kier molecular flexibility index (Phi) is 7.14. The molecule has 0 saturated carbocycles. The molecule has 0 nitrogen and oxygen atoms in total. The van der Waals surface area contributed by atoms with Gasteiger partial charge >= 0.3 is 17.4 Å². The van der Waals surface area contributed by atoms with Crippen molar-refractivity contribution in [3.05, 3.63) is 86.8 Å². The molecule has 3 rings (SSSR count). The molecule has 178 valence electrons. The lowest BCUT2D eigenvalue weighted by Crippen LogP contribution is -2.50. The van der Waals surface area contributed by atoms with Crippen LogP contribution in [0, 0.1) is 11.6 Å². The van der Waals surface area contributed by atoms with Gasteiger partial charge in [-0.2, -0.15) is 30.7 Å². The number of rotatable bonds is 5. The summed E-state index contributed by atoms with van der Waals surface area (Å²) in [5, 5.41) is -5.67. The summed E-state index contributed by atoms with van der Waals surface area (Å²) in [5.41, 5.74) is -0.738. The second kappa shape index (κ2) is 8.99. The van der Waals surface area contributed by atoms with E-state index in [1.165, 1.54) is 30.3 Å². The number of benzene rings is 2. The average molecular weight is 626 g/mol. The minimum atomic E-state index is -6.55. The molecule has 0 bridgehead atoms. The third-order valence-corrected chi connectivity index (χ3v) is 7.38. The zero-order valence-corrected chi connectivity index (χ0v) is 20.0. The van der Waals surface area contributed by atoms with Crippen molar-refractivity contribution in [2.24, 2.45) is 0 Å². The van der Waals surface area contributed by atoms with Crippen LogP contribution in [0.15, 0.2) is 64.0 Å². The summed E-state index contributed by atoms with van der Waals surface area (Å²) in [7, 11) is 0. The fourth-order valence-electron chi connectivity index (χ4n) is 3.14. The van der Waals surface area contributed by atoms with Crippen molar-refractivity contribution in [1.82, 2.24) is 0 Å². The molecule has 2 aromatic rings. The van der Waals surface area contributed by atoms with Crippen molar-refractivity contribution < 1.29 is 39.5 Å². The lowest BCUT2D eigenvalue weighted by Gasteiger charge is -2.34. The van der Waals surface area contributed by atoms with E-state index >= 15 is 0 Å². The Morgan fingerprint density at radius 1 is 0.818 bits per heavy atom. The molecule has 1 atom stereocenters. The second-order valence-corrected chi connectivity index (χ2v) is 10.5. The minimum absolute atomic E-state index is 0.0103. The number of alkyl halides is 8. The molecule has 2 aromatic carbocycles. The number of halogens is 11. The first-order valence-electron chi connectivity index (χ1n) is 8.93. The molecular weight excluding hydrogens is 615 g/mol. The van der Waals surface area contributed by atoms with Crippen LogP contribution >= 0.6 is 43.6 Å². The molecule has 0 amide bonds. The fraction of sp³-hybridized carbons (Fsp3) is 0.238. The number of hydrogen-bond acceptors (Lipinski definition) is 1. The smallest absolute Gasteiger partial charge is 0.207 e. The Balaban J connectivity index is 2.21. The van der Waals surface area contributed by atoms with E-state index in [4.69, 9.17) is 0 Å². The topological polar surface area (TPSA) is 0 Å². The van der Waals surface area contributed by atoms with Crippen LogP contribution in [0.2, 0.25) is 0 Å². The summed E-state index contributed by atoms with van der Waals surface area (Å²) in [6.45, 7) is 0. The molecule has 0 radical (unpaired) electrons. The first kappa shape index (κ1) is 26.2. The molecule has 0 fully saturated rings. The first-order valence-corrected chi connectivity index (χ1v) is 11.3. The molecule has 1 aliphatic carbocycles. The predicted molar refractivity (Wildman–Crippen MR) is 115 cm³/mol. The lowest BCUT2D eigenvalue weighted by molar-refractivity contribution is -0.330. The second-order valence-electron chi connectivity index (χ2n) is 6.98. The van der Waals surface area contributed by atoms with Gasteiger partial charge in [0.25, 0.3) is 0 Å². The molecule has 0 saturated heterocycles. The van der Waals surface area contributed by atoms with E-state index in [-0.39, 0.29) is 27.6 Å². The maximum absolute atomic E-state index is 14.5. The molecular formula is C21H11Br2F9S. The van der Waals surface area contributed by atoms with Gasteiger partial charge in [-0.3, -0.25) is 0 Å². The lowest BCUT2D eigenvalue weighted by atomic mass is 9.87. The summed E-state index contributed by atoms with van der Waals surface area (Å²) in [4.78, 5) is -0.799. The fourth-order valence-corrected chi connectivity index (χ4v) is 6.62. The molecule has 0 spiro atoms. The van der Waals surface area contributed by atoms with E-state index < -0.39 is 50.0 Å². The van der Waals surface area contributed by atoms with Crippen LogP contribution in [-0.4, -0.2) is 17.4 Å². The van der Waals surface area contributed by atoms with Crippen molar-refractivity contribution in [3.63, 3.8) is 0 Å². The van der Waals surface area contributed by atoms with Gasteiger partial charge in [-0.25, -0.2) is 8.78 Å². The maximum atomic E-state index is 14.5. The Labute approximate surface area is 203 Å². The average Bonchev–Trinajstić information content (AvgIpc) is 2.68. The maximum Gasteiger partial charge on any atom is 0.460 e. The molecule has 1 unspecified atom stereocenters. The summed E-state index contributed by atoms with van der Waals surface area (Å²) in [6.07, 6.45) is -5.83. The van der Waals surface area contributed by atoms with Crippen LogP contribution in [0.25, 0.3) is 5.57 Å². The quantitative estimate of drug-likeness (QED) is 0.236. The van der Waals surface area contributed by atoms with Crippen LogP contribution < -0.4 is 0 Å². The molecule has 1 aliphatic rings. The van der Waals surface area contributed by atoms with Crippen LogP contribution in [0.3, 0.4) is 0 Å². The highest BCUT2D eigenvalue weighted by atomic mass is 79.9. The van der Waals surface area contributed by atoms with E-state index in [1.54, 1.807) is 0 Å². The molecule has 0 aliphatic heterocycles. The third kappa shape index (κ3) is 4.88. The van der Waals surface area contributed by atoms with Gasteiger partial charge in [0.05, 0.1) is 4.32 Å². The Bertz CT molecular complexity index is 1120. The highest BCUT2D eigenvalue weighted by molar-refractivity contribution is 9.12. The Morgan fingerprint density at radius 2 is 1.36 bits per heavy atom. The van der Waals surface area contributed by atoms with Crippen LogP contribution in [0.1, 0.15) is 17.5 Å². The van der Waals surface area contributed by atoms with Crippen molar-refractivity contribution in [2.45, 2.75) is 28.1 Å². The summed E-state index contributed by atoms with van der Waals surface area (Å²) < 4.78 is 121. The normalized spacial score (nSPS) is 20.2. The predicted octanol–water partition coefficient (Wildman–Crippen LogP) is 9.17. The van der Waals surface area contributed by atoms with Gasteiger partial charge < -0.3 is 0 Å². The van der Waals surface area contributed by atoms with Gasteiger partial charge in [-0.1, -0.05) is 68.3 Å². The Morgan fingerprint density at radius 3 is 1.91 bits per heavy atom. The molecule has 0 N–H and O–H groups in total. The van der Waals surface area contributed by atoms with Gasteiger partial charge in [-0.05, 0) is 30.0 Å². The van der Waals surface area contributed by atoms with Gasteiger partial charge in [0.15, 0.2) is 0 Å². The van der Waals surface area contributed by atoms with Crippen molar-refractivity contribution in [3.8, 4) is 0 Å². The minimum Gasteiger partial charge on any atom is -0.207 e. The summed E-state index contributed by atoms with van der Waals surface area (Å²) in [6, 6.07) is 9.89. The van der Waals surface area contributed by atoms with Crippen LogP contribution in [0.4, 0.5) is 39.5 Å². The zero-order valence-electron chi connectivity index (χ0n) is 16.0. The highest BCUT2D eigenvalue weighted by Gasteiger charge is 2.73. The first-order chi connectivity index (χ1) is 15.1. The Hall–Kier alpha value is -1.40. The highest BCUT2D eigenvalue weighted by Crippen LogP contribution is 2.59. The van der Waals surface area contributed by atoms with Gasteiger partial charge in [-0.15, -0.1) is 0 Å². The van der Waals surface area contributed by atoms with E-state index in [1.807, 2.05) is 0 Å². The van der Waals surface area contributed by atoms with Gasteiger partial charge in [0, 0.05) is 32.5 Å². The van der Waals surface area contributed by atoms with E-state index in [0.717, 1.165) is 24.3 Å². The monoisotopic (exact) mass is 624 g/mol. The standard InChI is InChI=1S/C21H11Br2F9S/c22-13-9-18(23,12-6-2-4-8-15(12)25)10-16(17(13)11-5-1-3-7-14(11)24)33-21(31,32)19(26,27)20(28,29)30/h1-8,10H,9H2. The molecule has 0 aromatic heterocycles. The van der Waals surface area contributed by atoms with Crippen LogP contribution in [-0.2, 0) is 4.32 Å². The number of hydrogen-bond donors (Lipinski definition) is 0. The molecule has 0 heterocycles. The summed E-state index contributed by atoms with van der Waals surface area (Å²) in [5.74, 6) is -8.10. The molecule has 33 heavy (non-hydrogen) atoms. The van der Waals surface area contributed by atoms with E-state index in [0.29, 0.717) is 0 Å². The molecule has 12 heteroatoms. The van der Waals surface area contributed by atoms with E-state index in [9.17, 15) is 39.5 Å². The summed E-state index contributed by atoms with van der Waals surface area (Å²) >= 11 is 5.25. The number of allylic oxidation sites excluding steroid dienone is 3. The van der Waals surface area contributed by atoms with Crippen LogP contribution in [0.5, 0.6) is 0 Å². The third-order valence-electron chi connectivity index (χ3n) is 4.71.